The van der Waals surface area contributed by atoms with Crippen LogP contribution in [0, 0.1) is 0 Å². The Kier molecular flexibility index (Phi) is 5.36. The lowest BCUT2D eigenvalue weighted by Crippen LogP contribution is -2.20. The van der Waals surface area contributed by atoms with E-state index in [9.17, 15) is 9.59 Å². The van der Waals surface area contributed by atoms with Crippen LogP contribution in [0.3, 0.4) is 0 Å². The molecular weight excluding hydrogens is 394 g/mol. The SMILES string of the molecule is CCn1cc(-c2c(-c3ccco3)nc(N)c(C(N)=O)c2Cc2ccccn2)ccc1=O. The molecule has 0 aromatic carbocycles. The first kappa shape index (κ1) is 20.1. The quantitative estimate of drug-likeness (QED) is 0.498. The van der Waals surface area contributed by atoms with Crippen molar-refractivity contribution in [2.24, 2.45) is 5.73 Å². The monoisotopic (exact) mass is 415 g/mol. The molecule has 0 aliphatic heterocycles. The Morgan fingerprint density at radius 2 is 2.00 bits per heavy atom. The molecule has 8 heteroatoms. The molecule has 0 saturated carbocycles. The minimum Gasteiger partial charge on any atom is -0.463 e. The van der Waals surface area contributed by atoms with Gasteiger partial charge in [-0.2, -0.15) is 0 Å². The zero-order chi connectivity index (χ0) is 22.0. The number of anilines is 1. The summed E-state index contributed by atoms with van der Waals surface area (Å²) in [6.45, 7) is 2.37. The van der Waals surface area contributed by atoms with Gasteiger partial charge in [-0.3, -0.25) is 14.6 Å². The van der Waals surface area contributed by atoms with Crippen LogP contribution in [0.1, 0.15) is 28.5 Å². The minimum atomic E-state index is -0.688. The van der Waals surface area contributed by atoms with E-state index in [0.29, 0.717) is 41.1 Å². The molecule has 31 heavy (non-hydrogen) atoms. The highest BCUT2D eigenvalue weighted by molar-refractivity contribution is 6.02. The number of nitrogens with two attached hydrogens (primary N) is 2. The van der Waals surface area contributed by atoms with Gasteiger partial charge >= 0.3 is 0 Å². The first-order valence-electron chi connectivity index (χ1n) is 9.76. The zero-order valence-corrected chi connectivity index (χ0v) is 16.9. The van der Waals surface area contributed by atoms with Crippen LogP contribution in [0.4, 0.5) is 5.82 Å². The fourth-order valence-electron chi connectivity index (χ4n) is 3.62. The summed E-state index contributed by atoms with van der Waals surface area (Å²) in [6, 6.07) is 12.2. The fourth-order valence-corrected chi connectivity index (χ4v) is 3.62. The maximum absolute atomic E-state index is 12.4. The largest absolute Gasteiger partial charge is 0.463 e. The second kappa shape index (κ2) is 8.27. The molecular formula is C23H21N5O3. The number of furan rings is 1. The lowest BCUT2D eigenvalue weighted by molar-refractivity contribution is 0.1000. The molecule has 0 fully saturated rings. The van der Waals surface area contributed by atoms with Gasteiger partial charge in [-0.1, -0.05) is 6.07 Å². The number of amides is 1. The van der Waals surface area contributed by atoms with E-state index in [1.165, 1.54) is 12.3 Å². The summed E-state index contributed by atoms with van der Waals surface area (Å²) in [6.07, 6.45) is 5.23. The highest BCUT2D eigenvalue weighted by Gasteiger charge is 2.25. The molecule has 4 rings (SSSR count). The van der Waals surface area contributed by atoms with Crippen LogP contribution in [0.2, 0.25) is 0 Å². The van der Waals surface area contributed by atoms with Crippen LogP contribution < -0.4 is 17.0 Å². The first-order chi connectivity index (χ1) is 15.0. The molecule has 1 amide bonds. The Hall–Kier alpha value is -4.20. The summed E-state index contributed by atoms with van der Waals surface area (Å²) >= 11 is 0. The number of rotatable bonds is 6. The molecule has 0 radical (unpaired) electrons. The van der Waals surface area contributed by atoms with Crippen LogP contribution in [0.5, 0.6) is 0 Å². The maximum atomic E-state index is 12.4. The second-order valence-corrected chi connectivity index (χ2v) is 6.96. The predicted octanol–water partition coefficient (Wildman–Crippen LogP) is 2.86. The van der Waals surface area contributed by atoms with Gasteiger partial charge in [-0.05, 0) is 42.8 Å². The minimum absolute atomic E-state index is 0.0115. The topological polar surface area (TPSA) is 130 Å². The summed E-state index contributed by atoms with van der Waals surface area (Å²) in [4.78, 5) is 33.4. The molecule has 0 unspecified atom stereocenters. The van der Waals surface area contributed by atoms with E-state index in [4.69, 9.17) is 15.9 Å². The van der Waals surface area contributed by atoms with Gasteiger partial charge in [-0.25, -0.2) is 4.98 Å². The summed E-state index contributed by atoms with van der Waals surface area (Å²) in [5, 5.41) is 0. The number of carbonyl (C=O) groups excluding carboxylic acids is 1. The third-order valence-corrected chi connectivity index (χ3v) is 5.03. The van der Waals surface area contributed by atoms with Crippen molar-refractivity contribution in [3.8, 4) is 22.6 Å². The van der Waals surface area contributed by atoms with Gasteiger partial charge in [0.05, 0.1) is 11.8 Å². The number of primary amides is 1. The van der Waals surface area contributed by atoms with E-state index in [2.05, 4.69) is 9.97 Å². The average molecular weight is 415 g/mol. The molecule has 0 saturated heterocycles. The maximum Gasteiger partial charge on any atom is 0.252 e. The molecule has 0 atom stereocenters. The fraction of sp³-hybridized carbons (Fsp3) is 0.130. The summed E-state index contributed by atoms with van der Waals surface area (Å²) in [5.74, 6) is -0.196. The predicted molar refractivity (Wildman–Crippen MR) is 117 cm³/mol. The summed E-state index contributed by atoms with van der Waals surface area (Å²) in [7, 11) is 0. The standard InChI is InChI=1S/C23H21N5O3/c1-2-28-13-14(8-9-18(28)29)19-16(12-15-6-3-4-10-26-15)20(23(25)30)22(24)27-21(19)17-7-5-11-31-17/h3-11,13H,2,12H2,1H3,(H2,24,27)(H2,25,30). The Bertz CT molecular complexity index is 1300. The highest BCUT2D eigenvalue weighted by atomic mass is 16.3. The molecule has 4 N–H and O–H groups in total. The van der Waals surface area contributed by atoms with Gasteiger partial charge in [0.2, 0.25) is 0 Å². The van der Waals surface area contributed by atoms with Gasteiger partial charge in [-0.15, -0.1) is 0 Å². The average Bonchev–Trinajstić information content (AvgIpc) is 3.29. The lowest BCUT2D eigenvalue weighted by atomic mass is 9.90. The summed E-state index contributed by atoms with van der Waals surface area (Å²) in [5.41, 5.74) is 15.0. The van der Waals surface area contributed by atoms with Crippen molar-refractivity contribution in [1.29, 1.82) is 0 Å². The van der Waals surface area contributed by atoms with Gasteiger partial charge in [0, 0.05) is 48.2 Å². The number of hydrogen-bond acceptors (Lipinski definition) is 6. The molecule has 156 valence electrons. The van der Waals surface area contributed by atoms with Gasteiger partial charge in [0.25, 0.3) is 11.5 Å². The first-order valence-corrected chi connectivity index (χ1v) is 9.76. The highest BCUT2D eigenvalue weighted by Crippen LogP contribution is 2.38. The van der Waals surface area contributed by atoms with E-state index in [0.717, 1.165) is 5.69 Å². The Morgan fingerprint density at radius 1 is 1.16 bits per heavy atom. The smallest absolute Gasteiger partial charge is 0.252 e. The number of nitrogens with zero attached hydrogens (tertiary/aromatic N) is 3. The molecule has 8 nitrogen and oxygen atoms in total. The number of nitrogen functional groups attached to an aromatic ring is 1. The Labute approximate surface area is 178 Å². The van der Waals surface area contributed by atoms with Crippen LogP contribution in [0.15, 0.2) is 70.3 Å². The van der Waals surface area contributed by atoms with E-state index < -0.39 is 5.91 Å². The van der Waals surface area contributed by atoms with E-state index in [1.54, 1.807) is 35.2 Å². The summed E-state index contributed by atoms with van der Waals surface area (Å²) < 4.78 is 7.18. The van der Waals surface area contributed by atoms with Crippen LogP contribution >= 0.6 is 0 Å². The normalized spacial score (nSPS) is 10.9. The van der Waals surface area contributed by atoms with Crippen molar-refractivity contribution in [2.75, 3.05) is 5.73 Å². The van der Waals surface area contributed by atoms with Crippen LogP contribution in [0.25, 0.3) is 22.6 Å². The molecule has 0 aliphatic carbocycles. The van der Waals surface area contributed by atoms with Crippen molar-refractivity contribution in [2.45, 2.75) is 19.9 Å². The van der Waals surface area contributed by atoms with Crippen molar-refractivity contribution >= 4 is 11.7 Å². The van der Waals surface area contributed by atoms with Crippen molar-refractivity contribution in [3.63, 3.8) is 0 Å². The number of carbonyl (C=O) groups is 1. The number of hydrogen-bond donors (Lipinski definition) is 2. The van der Waals surface area contributed by atoms with Gasteiger partial charge in [0.15, 0.2) is 5.76 Å². The molecule has 4 aromatic heterocycles. The molecule has 0 bridgehead atoms. The van der Waals surface area contributed by atoms with Crippen molar-refractivity contribution < 1.29 is 9.21 Å². The second-order valence-electron chi connectivity index (χ2n) is 6.96. The molecule has 4 heterocycles. The van der Waals surface area contributed by atoms with Crippen molar-refractivity contribution in [1.82, 2.24) is 14.5 Å². The lowest BCUT2D eigenvalue weighted by Gasteiger charge is -2.19. The Morgan fingerprint density at radius 3 is 2.65 bits per heavy atom. The van der Waals surface area contributed by atoms with E-state index in [-0.39, 0.29) is 16.9 Å². The van der Waals surface area contributed by atoms with E-state index >= 15 is 0 Å². The molecule has 0 spiro atoms. The van der Waals surface area contributed by atoms with E-state index in [1.807, 2.05) is 25.1 Å². The van der Waals surface area contributed by atoms with Gasteiger partial charge in [0.1, 0.15) is 11.5 Å². The molecule has 4 aromatic rings. The number of pyridine rings is 3. The third kappa shape index (κ3) is 3.83. The van der Waals surface area contributed by atoms with Gasteiger partial charge < -0.3 is 20.5 Å². The van der Waals surface area contributed by atoms with Crippen molar-refractivity contribution in [3.05, 3.63) is 88.3 Å². The third-order valence-electron chi connectivity index (χ3n) is 5.03. The number of aryl methyl sites for hydroxylation is 1. The zero-order valence-electron chi connectivity index (χ0n) is 16.9. The van der Waals surface area contributed by atoms with Crippen LogP contribution in [-0.2, 0) is 13.0 Å². The molecule has 0 aliphatic rings. The Balaban J connectivity index is 2.09. The number of aromatic nitrogens is 3. The van der Waals surface area contributed by atoms with Crippen LogP contribution in [-0.4, -0.2) is 20.4 Å².